The lowest BCUT2D eigenvalue weighted by molar-refractivity contribution is -0.140. The number of hydrogen-bond acceptors (Lipinski definition) is 3. The summed E-state index contributed by atoms with van der Waals surface area (Å²) >= 11 is 11.7. The molecule has 0 aromatic heterocycles. The van der Waals surface area contributed by atoms with Gasteiger partial charge in [-0.05, 0) is 24.6 Å². The number of ether oxygens (including phenoxy) is 1. The van der Waals surface area contributed by atoms with E-state index in [2.05, 4.69) is 10.1 Å². The minimum atomic E-state index is -0.205. The molecule has 1 aromatic rings. The number of esters is 1. The minimum Gasteiger partial charge on any atom is -0.469 e. The third kappa shape index (κ3) is 4.29. The number of halogens is 2. The predicted molar refractivity (Wildman–Crippen MR) is 66.2 cm³/mol. The van der Waals surface area contributed by atoms with Crippen molar-refractivity contribution in [2.45, 2.75) is 12.8 Å². The van der Waals surface area contributed by atoms with Gasteiger partial charge in [-0.1, -0.05) is 23.2 Å². The molecule has 0 aliphatic carbocycles. The lowest BCUT2D eigenvalue weighted by atomic mass is 10.3. The Balaban J connectivity index is 2.35. The van der Waals surface area contributed by atoms with E-state index in [1.54, 1.807) is 12.1 Å². The van der Waals surface area contributed by atoms with Gasteiger partial charge in [0.2, 0.25) is 0 Å². The second kappa shape index (κ2) is 6.61. The average molecular weight is 262 g/mol. The van der Waals surface area contributed by atoms with Gasteiger partial charge in [-0.2, -0.15) is 0 Å². The maximum atomic E-state index is 10.8. The van der Waals surface area contributed by atoms with Gasteiger partial charge >= 0.3 is 5.97 Å². The van der Waals surface area contributed by atoms with E-state index in [1.165, 1.54) is 7.11 Å². The summed E-state index contributed by atoms with van der Waals surface area (Å²) in [5.74, 6) is -0.205. The standard InChI is InChI=1S/C11H13Cl2NO2/c1-16-11(15)3-2-6-14-10-5-4-8(12)7-9(10)13/h4-5,7,14H,2-3,6H2,1H3. The first-order chi connectivity index (χ1) is 7.63. The van der Waals surface area contributed by atoms with Crippen LogP contribution in [0.25, 0.3) is 0 Å². The van der Waals surface area contributed by atoms with Crippen molar-refractivity contribution >= 4 is 34.9 Å². The molecule has 0 aliphatic rings. The quantitative estimate of drug-likeness (QED) is 0.653. The van der Waals surface area contributed by atoms with E-state index in [0.717, 1.165) is 5.69 Å². The Morgan fingerprint density at radius 3 is 2.81 bits per heavy atom. The van der Waals surface area contributed by atoms with Crippen molar-refractivity contribution in [3.63, 3.8) is 0 Å². The van der Waals surface area contributed by atoms with Crippen molar-refractivity contribution in [2.75, 3.05) is 19.0 Å². The highest BCUT2D eigenvalue weighted by Crippen LogP contribution is 2.25. The largest absolute Gasteiger partial charge is 0.469 e. The Bertz CT molecular complexity index is 369. The molecular formula is C11H13Cl2NO2. The highest BCUT2D eigenvalue weighted by atomic mass is 35.5. The molecule has 0 radical (unpaired) electrons. The van der Waals surface area contributed by atoms with Gasteiger partial charge in [0.05, 0.1) is 17.8 Å². The Kier molecular flexibility index (Phi) is 5.43. The topological polar surface area (TPSA) is 38.3 Å². The maximum absolute atomic E-state index is 10.8. The van der Waals surface area contributed by atoms with E-state index in [0.29, 0.717) is 29.4 Å². The lowest BCUT2D eigenvalue weighted by Gasteiger charge is -2.07. The summed E-state index contributed by atoms with van der Waals surface area (Å²) in [5.41, 5.74) is 0.816. The molecule has 0 atom stereocenters. The van der Waals surface area contributed by atoms with Crippen molar-refractivity contribution in [3.8, 4) is 0 Å². The monoisotopic (exact) mass is 261 g/mol. The number of carbonyl (C=O) groups is 1. The maximum Gasteiger partial charge on any atom is 0.305 e. The van der Waals surface area contributed by atoms with Crippen molar-refractivity contribution < 1.29 is 9.53 Å². The fourth-order valence-corrected chi connectivity index (χ4v) is 1.67. The Morgan fingerprint density at radius 1 is 1.44 bits per heavy atom. The summed E-state index contributed by atoms with van der Waals surface area (Å²) in [5, 5.41) is 4.30. The molecule has 1 N–H and O–H groups in total. The average Bonchev–Trinajstić information content (AvgIpc) is 2.26. The number of rotatable bonds is 5. The van der Waals surface area contributed by atoms with Crippen molar-refractivity contribution in [2.24, 2.45) is 0 Å². The highest BCUT2D eigenvalue weighted by molar-refractivity contribution is 6.36. The van der Waals surface area contributed by atoms with Gasteiger partial charge in [0.25, 0.3) is 0 Å². The highest BCUT2D eigenvalue weighted by Gasteiger charge is 2.02. The van der Waals surface area contributed by atoms with Crippen LogP contribution in [0, 0.1) is 0 Å². The summed E-state index contributed by atoms with van der Waals surface area (Å²) in [6.45, 7) is 0.663. The Hall–Kier alpha value is -0.930. The Labute approximate surface area is 105 Å². The van der Waals surface area contributed by atoms with E-state index < -0.39 is 0 Å². The van der Waals surface area contributed by atoms with Gasteiger partial charge < -0.3 is 10.1 Å². The molecule has 0 fully saturated rings. The molecule has 0 amide bonds. The van der Waals surface area contributed by atoms with Crippen LogP contribution in [0.5, 0.6) is 0 Å². The molecule has 3 nitrogen and oxygen atoms in total. The van der Waals surface area contributed by atoms with Gasteiger partial charge in [-0.25, -0.2) is 0 Å². The molecule has 0 bridgehead atoms. The van der Waals surface area contributed by atoms with Gasteiger partial charge in [-0.15, -0.1) is 0 Å². The second-order valence-corrected chi connectivity index (χ2v) is 4.07. The van der Waals surface area contributed by atoms with E-state index >= 15 is 0 Å². The van der Waals surface area contributed by atoms with Crippen LogP contribution in [0.2, 0.25) is 10.0 Å². The molecule has 0 saturated carbocycles. The van der Waals surface area contributed by atoms with Crippen LogP contribution in [0.1, 0.15) is 12.8 Å². The number of anilines is 1. The number of hydrogen-bond donors (Lipinski definition) is 1. The van der Waals surface area contributed by atoms with Gasteiger partial charge in [-0.3, -0.25) is 4.79 Å². The fourth-order valence-electron chi connectivity index (χ4n) is 1.19. The molecule has 0 heterocycles. The van der Waals surface area contributed by atoms with Crippen LogP contribution in [-0.4, -0.2) is 19.6 Å². The van der Waals surface area contributed by atoms with Crippen LogP contribution in [0.15, 0.2) is 18.2 Å². The predicted octanol–water partition coefficient (Wildman–Crippen LogP) is 3.36. The van der Waals surface area contributed by atoms with Crippen LogP contribution in [0.3, 0.4) is 0 Å². The number of benzene rings is 1. The van der Waals surface area contributed by atoms with Crippen LogP contribution >= 0.6 is 23.2 Å². The number of nitrogens with one attached hydrogen (secondary N) is 1. The Morgan fingerprint density at radius 2 is 2.19 bits per heavy atom. The molecule has 16 heavy (non-hydrogen) atoms. The first-order valence-electron chi connectivity index (χ1n) is 4.89. The second-order valence-electron chi connectivity index (χ2n) is 3.23. The zero-order chi connectivity index (χ0) is 12.0. The smallest absolute Gasteiger partial charge is 0.305 e. The molecule has 0 aliphatic heterocycles. The zero-order valence-electron chi connectivity index (χ0n) is 8.93. The molecule has 0 spiro atoms. The SMILES string of the molecule is COC(=O)CCCNc1ccc(Cl)cc1Cl. The van der Waals surface area contributed by atoms with Crippen molar-refractivity contribution in [1.29, 1.82) is 0 Å². The summed E-state index contributed by atoms with van der Waals surface area (Å²) in [6, 6.07) is 5.24. The zero-order valence-corrected chi connectivity index (χ0v) is 10.4. The molecule has 88 valence electrons. The first kappa shape index (κ1) is 13.1. The first-order valence-corrected chi connectivity index (χ1v) is 5.65. The molecule has 0 unspecified atom stereocenters. The summed E-state index contributed by atoms with van der Waals surface area (Å²) in [4.78, 5) is 10.8. The van der Waals surface area contributed by atoms with Crippen molar-refractivity contribution in [1.82, 2.24) is 0 Å². The van der Waals surface area contributed by atoms with E-state index in [1.807, 2.05) is 6.07 Å². The summed E-state index contributed by atoms with van der Waals surface area (Å²) < 4.78 is 4.53. The van der Waals surface area contributed by atoms with Crippen LogP contribution < -0.4 is 5.32 Å². The van der Waals surface area contributed by atoms with Crippen LogP contribution in [0.4, 0.5) is 5.69 Å². The number of methoxy groups -OCH3 is 1. The molecular weight excluding hydrogens is 249 g/mol. The fraction of sp³-hybridized carbons (Fsp3) is 0.364. The lowest BCUT2D eigenvalue weighted by Crippen LogP contribution is -2.06. The summed E-state index contributed by atoms with van der Waals surface area (Å²) in [6.07, 6.45) is 1.10. The van der Waals surface area contributed by atoms with Gasteiger partial charge in [0.1, 0.15) is 0 Å². The van der Waals surface area contributed by atoms with Crippen LogP contribution in [-0.2, 0) is 9.53 Å². The third-order valence-electron chi connectivity index (χ3n) is 2.03. The minimum absolute atomic E-state index is 0.205. The van der Waals surface area contributed by atoms with Crippen molar-refractivity contribution in [3.05, 3.63) is 28.2 Å². The molecule has 1 aromatic carbocycles. The van der Waals surface area contributed by atoms with Gasteiger partial charge in [0.15, 0.2) is 0 Å². The van der Waals surface area contributed by atoms with E-state index in [4.69, 9.17) is 23.2 Å². The molecule has 0 saturated heterocycles. The van der Waals surface area contributed by atoms with E-state index in [-0.39, 0.29) is 5.97 Å². The molecule has 1 rings (SSSR count). The third-order valence-corrected chi connectivity index (χ3v) is 2.58. The van der Waals surface area contributed by atoms with Gasteiger partial charge in [0, 0.05) is 18.0 Å². The summed E-state index contributed by atoms with van der Waals surface area (Å²) in [7, 11) is 1.38. The normalized spacial score (nSPS) is 9.94. The van der Waals surface area contributed by atoms with E-state index in [9.17, 15) is 4.79 Å². The number of carbonyl (C=O) groups excluding carboxylic acids is 1. The molecule has 5 heteroatoms.